The maximum Gasteiger partial charge on any atom is 0.416 e. The molecule has 2 aromatic carbocycles. The zero-order valence-electron chi connectivity index (χ0n) is 13.1. The van der Waals surface area contributed by atoms with Crippen LogP contribution in [0.1, 0.15) is 36.6 Å². The molecule has 0 heterocycles. The third kappa shape index (κ3) is 4.05. The first-order chi connectivity index (χ1) is 10.9. The summed E-state index contributed by atoms with van der Waals surface area (Å²) in [5.41, 5.74) is 1.07. The van der Waals surface area contributed by atoms with E-state index in [9.17, 15) is 18.3 Å². The van der Waals surface area contributed by atoms with Gasteiger partial charge in [0.2, 0.25) is 0 Å². The zero-order chi connectivity index (χ0) is 17.0. The molecule has 124 valence electrons. The van der Waals surface area contributed by atoms with Gasteiger partial charge in [0.05, 0.1) is 5.56 Å². The summed E-state index contributed by atoms with van der Waals surface area (Å²) >= 11 is 0. The lowest BCUT2D eigenvalue weighted by Crippen LogP contribution is -2.21. The highest BCUT2D eigenvalue weighted by molar-refractivity contribution is 5.48. The van der Waals surface area contributed by atoms with Crippen LogP contribution in [0.15, 0.2) is 48.5 Å². The van der Waals surface area contributed by atoms with Gasteiger partial charge in [-0.1, -0.05) is 24.3 Å². The summed E-state index contributed by atoms with van der Waals surface area (Å²) in [4.78, 5) is 2.15. The highest BCUT2D eigenvalue weighted by Crippen LogP contribution is 2.32. The van der Waals surface area contributed by atoms with Crippen LogP contribution >= 0.6 is 0 Å². The number of hydrogen-bond donors (Lipinski definition) is 1. The van der Waals surface area contributed by atoms with E-state index in [2.05, 4.69) is 18.7 Å². The number of aliphatic hydroxyl groups is 1. The molecule has 0 saturated heterocycles. The SMILES string of the molecule is CCN(CC)c1ccc(C(O)c2cccc(C(F)(F)F)c2)cc1. The largest absolute Gasteiger partial charge is 0.416 e. The number of alkyl halides is 3. The standard InChI is InChI=1S/C18H20F3NO/c1-3-22(4-2)16-10-8-13(9-11-16)17(23)14-6-5-7-15(12-14)18(19,20)21/h5-12,17,23H,3-4H2,1-2H3. The van der Waals surface area contributed by atoms with Gasteiger partial charge in [0.15, 0.2) is 0 Å². The molecule has 1 N–H and O–H groups in total. The molecule has 1 atom stereocenters. The van der Waals surface area contributed by atoms with Crippen molar-refractivity contribution in [1.82, 2.24) is 0 Å². The fourth-order valence-electron chi connectivity index (χ4n) is 2.53. The van der Waals surface area contributed by atoms with Crippen molar-refractivity contribution in [2.45, 2.75) is 26.1 Å². The number of hydrogen-bond acceptors (Lipinski definition) is 2. The van der Waals surface area contributed by atoms with Gasteiger partial charge in [0, 0.05) is 18.8 Å². The Bertz CT molecular complexity index is 633. The molecular formula is C18H20F3NO. The molecule has 2 nitrogen and oxygen atoms in total. The molecule has 5 heteroatoms. The van der Waals surface area contributed by atoms with E-state index in [0.29, 0.717) is 5.56 Å². The van der Waals surface area contributed by atoms with E-state index in [1.165, 1.54) is 12.1 Å². The fourth-order valence-corrected chi connectivity index (χ4v) is 2.53. The average Bonchev–Trinajstić information content (AvgIpc) is 2.55. The van der Waals surface area contributed by atoms with E-state index in [-0.39, 0.29) is 5.56 Å². The fraction of sp³-hybridized carbons (Fsp3) is 0.333. The van der Waals surface area contributed by atoms with Gasteiger partial charge in [-0.25, -0.2) is 0 Å². The topological polar surface area (TPSA) is 23.5 Å². The molecule has 23 heavy (non-hydrogen) atoms. The van der Waals surface area contributed by atoms with Crippen molar-refractivity contribution in [3.63, 3.8) is 0 Å². The lowest BCUT2D eigenvalue weighted by atomic mass is 9.99. The highest BCUT2D eigenvalue weighted by atomic mass is 19.4. The average molecular weight is 323 g/mol. The van der Waals surface area contributed by atoms with Crippen molar-refractivity contribution in [1.29, 1.82) is 0 Å². The van der Waals surface area contributed by atoms with Crippen LogP contribution in [0.5, 0.6) is 0 Å². The quantitative estimate of drug-likeness (QED) is 0.867. The first-order valence-electron chi connectivity index (χ1n) is 7.57. The Hall–Kier alpha value is -2.01. The Morgan fingerprint density at radius 2 is 1.57 bits per heavy atom. The number of halogens is 3. The maximum absolute atomic E-state index is 12.8. The lowest BCUT2D eigenvalue weighted by molar-refractivity contribution is -0.137. The van der Waals surface area contributed by atoms with Crippen LogP contribution in [0.4, 0.5) is 18.9 Å². The molecule has 0 aliphatic carbocycles. The van der Waals surface area contributed by atoms with Crippen LogP contribution in [0.2, 0.25) is 0 Å². The second-order valence-electron chi connectivity index (χ2n) is 5.29. The van der Waals surface area contributed by atoms with Gasteiger partial charge < -0.3 is 10.0 Å². The zero-order valence-corrected chi connectivity index (χ0v) is 13.1. The summed E-state index contributed by atoms with van der Waals surface area (Å²) in [5, 5.41) is 10.3. The minimum absolute atomic E-state index is 0.232. The van der Waals surface area contributed by atoms with Crippen LogP contribution in [0.25, 0.3) is 0 Å². The molecular weight excluding hydrogens is 303 g/mol. The van der Waals surface area contributed by atoms with Crippen LogP contribution in [-0.2, 0) is 6.18 Å². The van der Waals surface area contributed by atoms with Crippen molar-refractivity contribution < 1.29 is 18.3 Å². The lowest BCUT2D eigenvalue weighted by Gasteiger charge is -2.22. The number of anilines is 1. The molecule has 0 bridgehead atoms. The molecule has 0 aliphatic rings. The summed E-state index contributed by atoms with van der Waals surface area (Å²) in [7, 11) is 0. The first-order valence-corrected chi connectivity index (χ1v) is 7.57. The van der Waals surface area contributed by atoms with E-state index < -0.39 is 17.8 Å². The smallest absolute Gasteiger partial charge is 0.384 e. The third-order valence-corrected chi connectivity index (χ3v) is 3.87. The summed E-state index contributed by atoms with van der Waals surface area (Å²) in [6, 6.07) is 12.0. The van der Waals surface area contributed by atoms with Gasteiger partial charge in [-0.2, -0.15) is 13.2 Å². The predicted octanol–water partition coefficient (Wildman–Crippen LogP) is 4.63. The molecule has 0 aromatic heterocycles. The second-order valence-corrected chi connectivity index (χ2v) is 5.29. The Balaban J connectivity index is 2.25. The van der Waals surface area contributed by atoms with E-state index in [0.717, 1.165) is 30.9 Å². The molecule has 0 fully saturated rings. The number of aliphatic hydroxyl groups excluding tert-OH is 1. The van der Waals surface area contributed by atoms with Gasteiger partial charge in [-0.05, 0) is 49.2 Å². The molecule has 0 radical (unpaired) electrons. The third-order valence-electron chi connectivity index (χ3n) is 3.87. The predicted molar refractivity (Wildman–Crippen MR) is 85.5 cm³/mol. The Labute approximate surface area is 134 Å². The van der Waals surface area contributed by atoms with E-state index >= 15 is 0 Å². The van der Waals surface area contributed by atoms with Gasteiger partial charge in [-0.3, -0.25) is 0 Å². The number of rotatable bonds is 5. The van der Waals surface area contributed by atoms with Crippen LogP contribution in [0.3, 0.4) is 0 Å². The van der Waals surface area contributed by atoms with Crippen molar-refractivity contribution in [3.8, 4) is 0 Å². The van der Waals surface area contributed by atoms with Gasteiger partial charge in [-0.15, -0.1) is 0 Å². The van der Waals surface area contributed by atoms with Crippen molar-refractivity contribution in [2.75, 3.05) is 18.0 Å². The van der Waals surface area contributed by atoms with Gasteiger partial charge >= 0.3 is 6.18 Å². The van der Waals surface area contributed by atoms with E-state index in [1.807, 2.05) is 12.1 Å². The van der Waals surface area contributed by atoms with Gasteiger partial charge in [0.25, 0.3) is 0 Å². The summed E-state index contributed by atoms with van der Waals surface area (Å²) in [6.07, 6.45) is -5.49. The molecule has 2 rings (SSSR count). The Morgan fingerprint density at radius 3 is 2.09 bits per heavy atom. The molecule has 1 unspecified atom stereocenters. The molecule has 0 saturated carbocycles. The van der Waals surface area contributed by atoms with Crippen LogP contribution in [-0.4, -0.2) is 18.2 Å². The molecule has 0 spiro atoms. The molecule has 2 aromatic rings. The Kier molecular flexibility index (Phi) is 5.31. The van der Waals surface area contributed by atoms with Crippen molar-refractivity contribution in [3.05, 3.63) is 65.2 Å². The normalized spacial score (nSPS) is 13.0. The van der Waals surface area contributed by atoms with Gasteiger partial charge in [0.1, 0.15) is 6.10 Å². The van der Waals surface area contributed by atoms with E-state index in [4.69, 9.17) is 0 Å². The second kappa shape index (κ2) is 7.04. The number of benzene rings is 2. The van der Waals surface area contributed by atoms with Crippen LogP contribution < -0.4 is 4.90 Å². The minimum Gasteiger partial charge on any atom is -0.384 e. The van der Waals surface area contributed by atoms with E-state index in [1.54, 1.807) is 12.1 Å². The minimum atomic E-state index is -4.41. The monoisotopic (exact) mass is 323 g/mol. The molecule has 0 amide bonds. The van der Waals surface area contributed by atoms with Crippen molar-refractivity contribution >= 4 is 5.69 Å². The highest BCUT2D eigenvalue weighted by Gasteiger charge is 2.30. The first kappa shape index (κ1) is 17.3. The van der Waals surface area contributed by atoms with Crippen molar-refractivity contribution in [2.24, 2.45) is 0 Å². The summed E-state index contributed by atoms with van der Waals surface area (Å²) in [6.45, 7) is 5.84. The summed E-state index contributed by atoms with van der Waals surface area (Å²) < 4.78 is 38.3. The number of nitrogens with zero attached hydrogens (tertiary/aromatic N) is 1. The Morgan fingerprint density at radius 1 is 0.957 bits per heavy atom. The summed E-state index contributed by atoms with van der Waals surface area (Å²) in [5.74, 6) is 0. The molecule has 0 aliphatic heterocycles. The maximum atomic E-state index is 12.8. The van der Waals surface area contributed by atoms with Crippen LogP contribution in [0, 0.1) is 0 Å².